The van der Waals surface area contributed by atoms with Gasteiger partial charge in [0.25, 0.3) is 0 Å². The fraction of sp³-hybridized carbons (Fsp3) is 0.417. The van der Waals surface area contributed by atoms with Gasteiger partial charge in [-0.3, -0.25) is 0 Å². The molecule has 1 fully saturated rings. The quantitative estimate of drug-likeness (QED) is 0.853. The van der Waals surface area contributed by atoms with E-state index in [-0.39, 0.29) is 6.10 Å². The van der Waals surface area contributed by atoms with Crippen LogP contribution in [0.1, 0.15) is 25.7 Å². The fourth-order valence-electron chi connectivity index (χ4n) is 2.16. The summed E-state index contributed by atoms with van der Waals surface area (Å²) < 4.78 is 12.6. The maximum absolute atomic E-state index is 6.22. The molecule has 0 radical (unpaired) electrons. The van der Waals surface area contributed by atoms with Crippen molar-refractivity contribution in [1.29, 1.82) is 0 Å². The number of nitrogens with zero attached hydrogens (tertiary/aromatic N) is 2. The van der Waals surface area contributed by atoms with E-state index in [1.165, 1.54) is 17.5 Å². The molecule has 2 heterocycles. The van der Waals surface area contributed by atoms with Crippen LogP contribution in [-0.2, 0) is 0 Å². The van der Waals surface area contributed by atoms with E-state index in [0.717, 1.165) is 12.8 Å². The average Bonchev–Trinajstić information content (AvgIpc) is 3.04. The Bertz CT molecular complexity index is 544. The van der Waals surface area contributed by atoms with Gasteiger partial charge in [-0.25, -0.2) is 0 Å². The van der Waals surface area contributed by atoms with Gasteiger partial charge in [0.1, 0.15) is 0 Å². The molecule has 18 heavy (non-hydrogen) atoms. The second-order valence-electron chi connectivity index (χ2n) is 4.31. The van der Waals surface area contributed by atoms with Crippen molar-refractivity contribution < 1.29 is 9.15 Å². The monoisotopic (exact) mass is 286 g/mol. The molecule has 0 atom stereocenters. The van der Waals surface area contributed by atoms with Gasteiger partial charge in [0.05, 0.1) is 12.3 Å². The number of hydrogen-bond donors (Lipinski definition) is 0. The first-order valence-corrected chi connectivity index (χ1v) is 6.65. The van der Waals surface area contributed by atoms with Crippen LogP contribution in [0, 0.1) is 0 Å². The van der Waals surface area contributed by atoms with Crippen LogP contribution in [0.5, 0.6) is 5.75 Å². The van der Waals surface area contributed by atoms with Gasteiger partial charge in [-0.2, -0.15) is 9.78 Å². The summed E-state index contributed by atoms with van der Waals surface area (Å²) in [4.78, 5) is 0. The molecule has 4 nitrogen and oxygen atoms in total. The Morgan fingerprint density at radius 1 is 1.28 bits per heavy atom. The van der Waals surface area contributed by atoms with Crippen molar-refractivity contribution in [2.24, 2.45) is 0 Å². The van der Waals surface area contributed by atoms with E-state index in [1.54, 1.807) is 18.3 Å². The van der Waals surface area contributed by atoms with Crippen LogP contribution in [0.15, 0.2) is 22.7 Å². The summed E-state index contributed by atoms with van der Waals surface area (Å²) in [6, 6.07) is 3.35. The van der Waals surface area contributed by atoms with E-state index in [1.807, 2.05) is 0 Å². The summed E-state index contributed by atoms with van der Waals surface area (Å²) in [5.41, 5.74) is 0. The zero-order chi connectivity index (χ0) is 12.5. The number of ether oxygens (including phenoxy) is 1. The van der Waals surface area contributed by atoms with Crippen molar-refractivity contribution >= 4 is 23.2 Å². The zero-order valence-electron chi connectivity index (χ0n) is 9.60. The molecular formula is C12H12Cl2N2O2. The Labute approximate surface area is 114 Å². The maximum Gasteiger partial charge on any atom is 0.223 e. The number of halogens is 2. The molecule has 0 N–H and O–H groups in total. The fourth-order valence-corrected chi connectivity index (χ4v) is 2.52. The van der Waals surface area contributed by atoms with E-state index in [0.29, 0.717) is 22.0 Å². The largest absolute Gasteiger partial charge is 0.485 e. The Morgan fingerprint density at radius 2 is 2.06 bits per heavy atom. The lowest BCUT2D eigenvalue weighted by Crippen LogP contribution is -2.10. The molecule has 0 bridgehead atoms. The average molecular weight is 287 g/mol. The van der Waals surface area contributed by atoms with Gasteiger partial charge in [0.15, 0.2) is 16.1 Å². The topological polar surface area (TPSA) is 40.2 Å². The van der Waals surface area contributed by atoms with Crippen LogP contribution >= 0.6 is 23.2 Å². The van der Waals surface area contributed by atoms with Gasteiger partial charge < -0.3 is 9.15 Å². The lowest BCUT2D eigenvalue weighted by atomic mass is 10.3. The minimum Gasteiger partial charge on any atom is -0.485 e. The van der Waals surface area contributed by atoms with Gasteiger partial charge in [-0.1, -0.05) is 11.6 Å². The molecule has 1 aliphatic carbocycles. The standard InChI is InChI=1S/C12H12Cl2N2O2/c13-10-5-6-11(18-10)16-12(14)9(7-15-16)17-8-3-1-2-4-8/h5-8H,1-4H2. The normalized spacial score (nSPS) is 16.3. The van der Waals surface area contributed by atoms with Crippen molar-refractivity contribution in [3.05, 3.63) is 28.7 Å². The molecule has 0 saturated heterocycles. The summed E-state index contributed by atoms with van der Waals surface area (Å²) >= 11 is 11.9. The van der Waals surface area contributed by atoms with Crippen molar-refractivity contribution in [1.82, 2.24) is 9.78 Å². The summed E-state index contributed by atoms with van der Waals surface area (Å²) in [5, 5.41) is 4.86. The second kappa shape index (κ2) is 4.86. The highest BCUT2D eigenvalue weighted by Crippen LogP contribution is 2.31. The summed E-state index contributed by atoms with van der Waals surface area (Å²) in [6.07, 6.45) is 6.44. The lowest BCUT2D eigenvalue weighted by molar-refractivity contribution is 0.210. The molecular weight excluding hydrogens is 275 g/mol. The summed E-state index contributed by atoms with van der Waals surface area (Å²) in [7, 11) is 0. The molecule has 1 saturated carbocycles. The third-order valence-corrected chi connectivity index (χ3v) is 3.59. The van der Waals surface area contributed by atoms with Gasteiger partial charge >= 0.3 is 0 Å². The zero-order valence-corrected chi connectivity index (χ0v) is 11.1. The molecule has 96 valence electrons. The van der Waals surface area contributed by atoms with E-state index >= 15 is 0 Å². The first-order chi connectivity index (χ1) is 8.74. The van der Waals surface area contributed by atoms with Gasteiger partial charge in [0, 0.05) is 6.07 Å². The first kappa shape index (κ1) is 11.9. The van der Waals surface area contributed by atoms with Crippen LogP contribution in [0.25, 0.3) is 5.88 Å². The van der Waals surface area contributed by atoms with Gasteiger partial charge in [0.2, 0.25) is 5.88 Å². The number of furan rings is 1. The lowest BCUT2D eigenvalue weighted by Gasteiger charge is -2.11. The van der Waals surface area contributed by atoms with Crippen molar-refractivity contribution in [3.8, 4) is 11.6 Å². The third kappa shape index (κ3) is 2.22. The Balaban J connectivity index is 1.83. The summed E-state index contributed by atoms with van der Waals surface area (Å²) in [5.74, 6) is 1.07. The molecule has 2 aromatic rings. The molecule has 6 heteroatoms. The molecule has 0 amide bonds. The highest BCUT2D eigenvalue weighted by atomic mass is 35.5. The summed E-state index contributed by atoms with van der Waals surface area (Å²) in [6.45, 7) is 0. The van der Waals surface area contributed by atoms with Crippen LogP contribution in [0.4, 0.5) is 0 Å². The molecule has 2 aromatic heterocycles. The van der Waals surface area contributed by atoms with E-state index < -0.39 is 0 Å². The van der Waals surface area contributed by atoms with Crippen molar-refractivity contribution in [2.45, 2.75) is 31.8 Å². The Hall–Kier alpha value is -1.13. The van der Waals surface area contributed by atoms with E-state index in [9.17, 15) is 0 Å². The predicted molar refractivity (Wildman–Crippen MR) is 68.7 cm³/mol. The highest BCUT2D eigenvalue weighted by Gasteiger charge is 2.20. The predicted octanol–water partition coefficient (Wildman–Crippen LogP) is 4.09. The van der Waals surface area contributed by atoms with Gasteiger partial charge in [-0.05, 0) is 43.4 Å². The van der Waals surface area contributed by atoms with Crippen LogP contribution < -0.4 is 4.74 Å². The maximum atomic E-state index is 6.22. The van der Waals surface area contributed by atoms with Crippen molar-refractivity contribution in [2.75, 3.05) is 0 Å². The Morgan fingerprint density at radius 3 is 2.72 bits per heavy atom. The number of hydrogen-bond acceptors (Lipinski definition) is 3. The molecule has 1 aliphatic rings. The van der Waals surface area contributed by atoms with Gasteiger partial charge in [-0.15, -0.1) is 0 Å². The number of aromatic nitrogens is 2. The minimum absolute atomic E-state index is 0.250. The van der Waals surface area contributed by atoms with Crippen molar-refractivity contribution in [3.63, 3.8) is 0 Å². The molecule has 0 unspecified atom stereocenters. The highest BCUT2D eigenvalue weighted by molar-refractivity contribution is 6.31. The molecule has 0 aliphatic heterocycles. The molecule has 0 aromatic carbocycles. The minimum atomic E-state index is 0.250. The molecule has 0 spiro atoms. The van der Waals surface area contributed by atoms with E-state index in [2.05, 4.69) is 5.10 Å². The SMILES string of the molecule is Clc1ccc(-n2ncc(OC3CCCC3)c2Cl)o1. The van der Waals surface area contributed by atoms with Crippen LogP contribution in [0.2, 0.25) is 10.4 Å². The van der Waals surface area contributed by atoms with E-state index in [4.69, 9.17) is 32.4 Å². The second-order valence-corrected chi connectivity index (χ2v) is 5.04. The Kier molecular flexibility index (Phi) is 3.22. The van der Waals surface area contributed by atoms with Crippen LogP contribution in [0.3, 0.4) is 0 Å². The van der Waals surface area contributed by atoms with Crippen LogP contribution in [-0.4, -0.2) is 15.9 Å². The third-order valence-electron chi connectivity index (χ3n) is 3.04. The first-order valence-electron chi connectivity index (χ1n) is 5.90. The smallest absolute Gasteiger partial charge is 0.223 e. The molecule has 3 rings (SSSR count). The number of rotatable bonds is 3.